The first-order valence-corrected chi connectivity index (χ1v) is 7.29. The van der Waals surface area contributed by atoms with E-state index in [1.165, 1.54) is 12.8 Å². The van der Waals surface area contributed by atoms with Gasteiger partial charge in [0.05, 0.1) is 19.3 Å². The van der Waals surface area contributed by atoms with Crippen LogP contribution in [0.1, 0.15) is 33.6 Å². The van der Waals surface area contributed by atoms with Crippen LogP contribution in [0.15, 0.2) is 0 Å². The molecule has 18 heavy (non-hydrogen) atoms. The van der Waals surface area contributed by atoms with Crippen LogP contribution in [0.3, 0.4) is 0 Å². The summed E-state index contributed by atoms with van der Waals surface area (Å²) in [5, 5.41) is 12.7. The number of nitrogens with one attached hydrogen (secondary N) is 1. The van der Waals surface area contributed by atoms with Crippen molar-refractivity contribution in [3.8, 4) is 0 Å². The molecule has 2 unspecified atom stereocenters. The Morgan fingerprint density at radius 1 is 1.44 bits per heavy atom. The molecule has 0 spiro atoms. The lowest BCUT2D eigenvalue weighted by Crippen LogP contribution is -2.50. The van der Waals surface area contributed by atoms with Crippen molar-refractivity contribution < 1.29 is 9.84 Å². The number of ether oxygens (including phenoxy) is 1. The van der Waals surface area contributed by atoms with Crippen molar-refractivity contribution >= 4 is 0 Å². The Balaban J connectivity index is 2.48. The van der Waals surface area contributed by atoms with E-state index < -0.39 is 0 Å². The summed E-state index contributed by atoms with van der Waals surface area (Å²) in [7, 11) is 0. The molecule has 1 rings (SSSR count). The third-order valence-corrected chi connectivity index (χ3v) is 3.69. The summed E-state index contributed by atoms with van der Waals surface area (Å²) in [4.78, 5) is 2.44. The molecule has 2 N–H and O–H groups in total. The summed E-state index contributed by atoms with van der Waals surface area (Å²) in [5.41, 5.74) is 0.322. The van der Waals surface area contributed by atoms with E-state index in [4.69, 9.17) is 4.74 Å². The van der Waals surface area contributed by atoms with Crippen molar-refractivity contribution in [2.75, 3.05) is 45.9 Å². The maximum atomic E-state index is 9.19. The van der Waals surface area contributed by atoms with Crippen LogP contribution in [0, 0.1) is 5.41 Å². The SMILES string of the molecule is CCCC(C)(CNCC)CN1CCOC(CO)C1. The second kappa shape index (κ2) is 8.10. The minimum Gasteiger partial charge on any atom is -0.394 e. The highest BCUT2D eigenvalue weighted by Crippen LogP contribution is 2.25. The first-order valence-electron chi connectivity index (χ1n) is 7.29. The molecule has 2 atom stereocenters. The Bertz CT molecular complexity index is 226. The number of hydrogen-bond donors (Lipinski definition) is 2. The van der Waals surface area contributed by atoms with E-state index in [2.05, 4.69) is 31.0 Å². The van der Waals surface area contributed by atoms with Crippen LogP contribution in [0.25, 0.3) is 0 Å². The summed E-state index contributed by atoms with van der Waals surface area (Å²) in [6, 6.07) is 0. The van der Waals surface area contributed by atoms with Crippen molar-refractivity contribution in [1.82, 2.24) is 10.2 Å². The van der Waals surface area contributed by atoms with Crippen LogP contribution in [0.2, 0.25) is 0 Å². The maximum Gasteiger partial charge on any atom is 0.0932 e. The highest BCUT2D eigenvalue weighted by atomic mass is 16.5. The predicted octanol–water partition coefficient (Wildman–Crippen LogP) is 1.10. The number of aliphatic hydroxyl groups is 1. The molecule has 0 aliphatic carbocycles. The summed E-state index contributed by atoms with van der Waals surface area (Å²) < 4.78 is 5.51. The average molecular weight is 258 g/mol. The first kappa shape index (κ1) is 15.9. The average Bonchev–Trinajstić information content (AvgIpc) is 2.37. The van der Waals surface area contributed by atoms with Gasteiger partial charge in [-0.3, -0.25) is 4.90 Å². The van der Waals surface area contributed by atoms with Crippen molar-refractivity contribution in [2.45, 2.75) is 39.7 Å². The summed E-state index contributed by atoms with van der Waals surface area (Å²) in [6.45, 7) is 12.7. The zero-order valence-electron chi connectivity index (χ0n) is 12.2. The van der Waals surface area contributed by atoms with Gasteiger partial charge in [-0.15, -0.1) is 0 Å². The highest BCUT2D eigenvalue weighted by molar-refractivity contribution is 4.83. The van der Waals surface area contributed by atoms with Crippen molar-refractivity contribution in [3.63, 3.8) is 0 Å². The van der Waals surface area contributed by atoms with Gasteiger partial charge in [-0.25, -0.2) is 0 Å². The first-order chi connectivity index (χ1) is 8.63. The van der Waals surface area contributed by atoms with Crippen LogP contribution in [0.5, 0.6) is 0 Å². The molecule has 0 saturated carbocycles. The van der Waals surface area contributed by atoms with Gasteiger partial charge in [0, 0.05) is 26.2 Å². The van der Waals surface area contributed by atoms with Gasteiger partial charge in [0.15, 0.2) is 0 Å². The fraction of sp³-hybridized carbons (Fsp3) is 1.00. The monoisotopic (exact) mass is 258 g/mol. The molecule has 0 radical (unpaired) electrons. The van der Waals surface area contributed by atoms with Crippen LogP contribution >= 0.6 is 0 Å². The van der Waals surface area contributed by atoms with E-state index in [0.717, 1.165) is 39.3 Å². The summed E-state index contributed by atoms with van der Waals surface area (Å²) in [5.74, 6) is 0. The van der Waals surface area contributed by atoms with Crippen molar-refractivity contribution in [2.24, 2.45) is 5.41 Å². The highest BCUT2D eigenvalue weighted by Gasteiger charge is 2.29. The van der Waals surface area contributed by atoms with Gasteiger partial charge >= 0.3 is 0 Å². The Labute approximate surface area is 112 Å². The lowest BCUT2D eigenvalue weighted by Gasteiger charge is -2.39. The topological polar surface area (TPSA) is 44.7 Å². The maximum absolute atomic E-state index is 9.19. The van der Waals surface area contributed by atoms with Crippen molar-refractivity contribution in [1.29, 1.82) is 0 Å². The van der Waals surface area contributed by atoms with Gasteiger partial charge in [0.2, 0.25) is 0 Å². The number of nitrogens with zero attached hydrogens (tertiary/aromatic N) is 1. The molecule has 0 aromatic carbocycles. The molecule has 0 bridgehead atoms. The van der Waals surface area contributed by atoms with E-state index >= 15 is 0 Å². The van der Waals surface area contributed by atoms with Gasteiger partial charge in [-0.1, -0.05) is 27.2 Å². The number of aliphatic hydroxyl groups excluding tert-OH is 1. The standard InChI is InChI=1S/C14H30N2O2/c1-4-6-14(3,11-15-5-2)12-16-7-8-18-13(9-16)10-17/h13,15,17H,4-12H2,1-3H3. The largest absolute Gasteiger partial charge is 0.394 e. The van der Waals surface area contributed by atoms with E-state index in [9.17, 15) is 5.11 Å². The smallest absolute Gasteiger partial charge is 0.0932 e. The number of morpholine rings is 1. The molecular weight excluding hydrogens is 228 g/mol. The van der Waals surface area contributed by atoms with Gasteiger partial charge in [0.25, 0.3) is 0 Å². The molecule has 4 nitrogen and oxygen atoms in total. The van der Waals surface area contributed by atoms with Crippen molar-refractivity contribution in [3.05, 3.63) is 0 Å². The summed E-state index contributed by atoms with van der Waals surface area (Å²) >= 11 is 0. The lowest BCUT2D eigenvalue weighted by molar-refractivity contribution is -0.0620. The third kappa shape index (κ3) is 5.22. The van der Waals surface area contributed by atoms with Crippen LogP contribution in [-0.2, 0) is 4.74 Å². The summed E-state index contributed by atoms with van der Waals surface area (Å²) in [6.07, 6.45) is 2.46. The van der Waals surface area contributed by atoms with Crippen LogP contribution in [0.4, 0.5) is 0 Å². The molecule has 0 aromatic heterocycles. The molecule has 1 saturated heterocycles. The Hall–Kier alpha value is -0.160. The molecule has 108 valence electrons. The normalized spacial score (nSPS) is 25.0. The molecule has 1 fully saturated rings. The van der Waals surface area contributed by atoms with E-state index in [1.807, 2.05) is 0 Å². The molecule has 0 amide bonds. The van der Waals surface area contributed by atoms with E-state index in [0.29, 0.717) is 5.41 Å². The minimum atomic E-state index is 0.00348. The van der Waals surface area contributed by atoms with Crippen LogP contribution in [-0.4, -0.2) is 62.0 Å². The number of rotatable bonds is 8. The minimum absolute atomic E-state index is 0.00348. The van der Waals surface area contributed by atoms with E-state index in [-0.39, 0.29) is 12.7 Å². The predicted molar refractivity (Wildman–Crippen MR) is 74.8 cm³/mol. The quantitative estimate of drug-likeness (QED) is 0.684. The zero-order valence-corrected chi connectivity index (χ0v) is 12.2. The third-order valence-electron chi connectivity index (χ3n) is 3.69. The number of hydrogen-bond acceptors (Lipinski definition) is 4. The van der Waals surface area contributed by atoms with Gasteiger partial charge in [-0.05, 0) is 18.4 Å². The van der Waals surface area contributed by atoms with Gasteiger partial charge in [-0.2, -0.15) is 0 Å². The Kier molecular flexibility index (Phi) is 7.15. The zero-order chi connectivity index (χ0) is 13.4. The molecule has 0 aromatic rings. The second-order valence-corrected chi connectivity index (χ2v) is 5.75. The molecule has 1 aliphatic heterocycles. The molecule has 4 heteroatoms. The lowest BCUT2D eigenvalue weighted by atomic mass is 9.84. The molecule has 1 heterocycles. The fourth-order valence-corrected chi connectivity index (χ4v) is 2.83. The van der Waals surface area contributed by atoms with Gasteiger partial charge in [0.1, 0.15) is 0 Å². The molecule has 1 aliphatic rings. The fourth-order valence-electron chi connectivity index (χ4n) is 2.83. The van der Waals surface area contributed by atoms with E-state index in [1.54, 1.807) is 0 Å². The second-order valence-electron chi connectivity index (χ2n) is 5.75. The Morgan fingerprint density at radius 2 is 2.22 bits per heavy atom. The van der Waals surface area contributed by atoms with Crippen LogP contribution < -0.4 is 5.32 Å². The van der Waals surface area contributed by atoms with Gasteiger partial charge < -0.3 is 15.2 Å². The Morgan fingerprint density at radius 3 is 2.83 bits per heavy atom. The molecular formula is C14H30N2O2.